The number of esters is 4. The summed E-state index contributed by atoms with van der Waals surface area (Å²) in [5, 5.41) is 10.6. The summed E-state index contributed by atoms with van der Waals surface area (Å²) < 4.78 is 68.7. The van der Waals surface area contributed by atoms with E-state index in [-0.39, 0.29) is 25.7 Å². The Bertz CT molecular complexity index is 1950. The Morgan fingerprint density at radius 1 is 0.250 bits per heavy atom. The van der Waals surface area contributed by atoms with Crippen LogP contribution in [0.5, 0.6) is 0 Å². The molecule has 0 amide bonds. The van der Waals surface area contributed by atoms with Crippen molar-refractivity contribution in [2.45, 2.75) is 433 Å². The summed E-state index contributed by atoms with van der Waals surface area (Å²) in [6.45, 7) is 14.3. The van der Waals surface area contributed by atoms with E-state index in [1.807, 2.05) is 0 Å². The minimum absolute atomic E-state index is 0.106. The Balaban J connectivity index is 5.26. The maximum Gasteiger partial charge on any atom is 0.472 e. The highest BCUT2D eigenvalue weighted by Crippen LogP contribution is 2.45. The minimum atomic E-state index is -4.96. The molecule has 0 saturated carbocycles. The first-order valence-electron chi connectivity index (χ1n) is 41.7. The molecule has 0 aromatic carbocycles. The predicted octanol–water partition coefficient (Wildman–Crippen LogP) is 24.0. The standard InChI is InChI=1S/C81H158O17P2/c1-71(2)57-49-41-33-25-19-13-10-9-11-15-23-29-39-47-55-63-80(85)97-76(67-91-78(83)61-53-45-37-28-22-16-12-14-20-26-34-42-50-58-72(3)4)69-95-99(87,88)93-65-75(82)66-94-100(89,90)96-70-77(68-92-79(84)62-54-46-38-32-31-36-44-52-60-74(7)8)98-81(86)64-56-48-40-30-24-18-17-21-27-35-43-51-59-73(5)6/h71-77,82H,9-70H2,1-8H3,(H,87,88)(H,89,90)/t75-,76-,77-/m1/s1. The van der Waals surface area contributed by atoms with Crippen molar-refractivity contribution in [3.05, 3.63) is 0 Å². The molecule has 0 spiro atoms. The molecule has 0 aliphatic heterocycles. The molecule has 17 nitrogen and oxygen atoms in total. The maximum absolute atomic E-state index is 13.1. The molecule has 2 unspecified atom stereocenters. The Labute approximate surface area is 613 Å². The zero-order chi connectivity index (χ0) is 73.8. The number of phosphoric acid groups is 2. The number of unbranched alkanes of at least 4 members (excludes halogenated alkanes) is 44. The molecule has 0 heterocycles. The van der Waals surface area contributed by atoms with Crippen LogP contribution < -0.4 is 0 Å². The summed E-state index contributed by atoms with van der Waals surface area (Å²) in [4.78, 5) is 73.1. The van der Waals surface area contributed by atoms with Gasteiger partial charge in [-0.25, -0.2) is 9.13 Å². The van der Waals surface area contributed by atoms with Crippen LogP contribution >= 0.6 is 15.6 Å². The van der Waals surface area contributed by atoms with Crippen molar-refractivity contribution in [2.24, 2.45) is 23.7 Å². The molecular formula is C81H158O17P2. The third kappa shape index (κ3) is 74.3. The molecule has 594 valence electrons. The highest BCUT2D eigenvalue weighted by molar-refractivity contribution is 7.47. The van der Waals surface area contributed by atoms with Gasteiger partial charge >= 0.3 is 39.5 Å². The second-order valence-electron chi connectivity index (χ2n) is 31.1. The van der Waals surface area contributed by atoms with Gasteiger partial charge in [0.15, 0.2) is 12.2 Å². The van der Waals surface area contributed by atoms with Crippen LogP contribution in [0.4, 0.5) is 0 Å². The van der Waals surface area contributed by atoms with Crippen molar-refractivity contribution < 1.29 is 80.2 Å². The van der Waals surface area contributed by atoms with Crippen molar-refractivity contribution in [3.8, 4) is 0 Å². The molecule has 0 saturated heterocycles. The Hall–Kier alpha value is -1.94. The number of ether oxygens (including phenoxy) is 4. The van der Waals surface area contributed by atoms with Gasteiger partial charge in [-0.2, -0.15) is 0 Å². The third-order valence-corrected chi connectivity index (χ3v) is 20.7. The van der Waals surface area contributed by atoms with E-state index in [2.05, 4.69) is 55.4 Å². The van der Waals surface area contributed by atoms with Gasteiger partial charge in [0.05, 0.1) is 26.4 Å². The lowest BCUT2D eigenvalue weighted by Gasteiger charge is -2.21. The molecule has 100 heavy (non-hydrogen) atoms. The summed E-state index contributed by atoms with van der Waals surface area (Å²) >= 11 is 0. The number of carbonyl (C=O) groups excluding carboxylic acids is 4. The Morgan fingerprint density at radius 3 is 0.620 bits per heavy atom. The molecule has 0 aromatic heterocycles. The van der Waals surface area contributed by atoms with Crippen molar-refractivity contribution in [1.82, 2.24) is 0 Å². The van der Waals surface area contributed by atoms with Gasteiger partial charge in [0, 0.05) is 25.7 Å². The molecule has 0 radical (unpaired) electrons. The van der Waals surface area contributed by atoms with Gasteiger partial charge in [-0.15, -0.1) is 0 Å². The lowest BCUT2D eigenvalue weighted by molar-refractivity contribution is -0.161. The number of aliphatic hydroxyl groups excluding tert-OH is 1. The van der Waals surface area contributed by atoms with E-state index >= 15 is 0 Å². The third-order valence-electron chi connectivity index (χ3n) is 18.8. The number of hydrogen-bond donors (Lipinski definition) is 3. The predicted molar refractivity (Wildman–Crippen MR) is 409 cm³/mol. The van der Waals surface area contributed by atoms with Gasteiger partial charge in [-0.05, 0) is 49.4 Å². The summed E-state index contributed by atoms with van der Waals surface area (Å²) in [6.07, 6.45) is 56.8. The van der Waals surface area contributed by atoms with Crippen LogP contribution in [0.1, 0.15) is 415 Å². The summed E-state index contributed by atoms with van der Waals surface area (Å²) in [5.74, 6) is 0.983. The summed E-state index contributed by atoms with van der Waals surface area (Å²) in [6, 6.07) is 0. The molecule has 3 N–H and O–H groups in total. The van der Waals surface area contributed by atoms with Crippen LogP contribution in [0, 0.1) is 23.7 Å². The molecule has 19 heteroatoms. The van der Waals surface area contributed by atoms with Crippen molar-refractivity contribution in [3.63, 3.8) is 0 Å². The van der Waals surface area contributed by atoms with Gasteiger partial charge < -0.3 is 33.8 Å². The van der Waals surface area contributed by atoms with Crippen LogP contribution in [-0.4, -0.2) is 96.7 Å². The maximum atomic E-state index is 13.1. The highest BCUT2D eigenvalue weighted by atomic mass is 31.2. The number of phosphoric ester groups is 2. The Kier molecular flexibility index (Phi) is 68.7. The lowest BCUT2D eigenvalue weighted by atomic mass is 10.0. The van der Waals surface area contributed by atoms with Crippen LogP contribution in [0.15, 0.2) is 0 Å². The van der Waals surface area contributed by atoms with Crippen LogP contribution in [0.3, 0.4) is 0 Å². The van der Waals surface area contributed by atoms with Gasteiger partial charge in [0.25, 0.3) is 0 Å². The molecule has 5 atom stereocenters. The first kappa shape index (κ1) is 98.1. The van der Waals surface area contributed by atoms with Crippen LogP contribution in [-0.2, 0) is 65.4 Å². The fourth-order valence-corrected chi connectivity index (χ4v) is 14.0. The second-order valence-corrected chi connectivity index (χ2v) is 34.0. The van der Waals surface area contributed by atoms with E-state index in [4.69, 9.17) is 37.0 Å². The normalized spacial score (nSPS) is 14.0. The number of hydrogen-bond acceptors (Lipinski definition) is 15. The number of rotatable bonds is 78. The fourth-order valence-electron chi connectivity index (χ4n) is 12.4. The SMILES string of the molecule is CC(C)CCCCCCCCCCCCCCCCCC(=O)O[C@H](COC(=O)CCCCCCCCCCCCCCCC(C)C)COP(=O)(O)OC[C@@H](O)COP(=O)(O)OC[C@@H](COC(=O)CCCCCCCCCCC(C)C)OC(=O)CCCCCCCCCCCCCCC(C)C. The summed E-state index contributed by atoms with van der Waals surface area (Å²) in [5.41, 5.74) is 0. The number of carbonyl (C=O) groups is 4. The fraction of sp³-hybridized carbons (Fsp3) is 0.951. The minimum Gasteiger partial charge on any atom is -0.462 e. The zero-order valence-electron chi connectivity index (χ0n) is 65.8. The number of aliphatic hydroxyl groups is 1. The van der Waals surface area contributed by atoms with Crippen LogP contribution in [0.2, 0.25) is 0 Å². The summed E-state index contributed by atoms with van der Waals surface area (Å²) in [7, 11) is -9.92. The van der Waals surface area contributed by atoms with Crippen LogP contribution in [0.25, 0.3) is 0 Å². The lowest BCUT2D eigenvalue weighted by Crippen LogP contribution is -2.30. The first-order valence-corrected chi connectivity index (χ1v) is 44.7. The Morgan fingerprint density at radius 2 is 0.420 bits per heavy atom. The molecule has 0 bridgehead atoms. The van der Waals surface area contributed by atoms with E-state index in [9.17, 15) is 43.2 Å². The first-order chi connectivity index (χ1) is 48.1. The van der Waals surface area contributed by atoms with E-state index < -0.39 is 97.5 Å². The van der Waals surface area contributed by atoms with E-state index in [1.165, 1.54) is 218 Å². The van der Waals surface area contributed by atoms with E-state index in [1.54, 1.807) is 0 Å². The van der Waals surface area contributed by atoms with Crippen molar-refractivity contribution in [1.29, 1.82) is 0 Å². The highest BCUT2D eigenvalue weighted by Gasteiger charge is 2.30. The van der Waals surface area contributed by atoms with Gasteiger partial charge in [-0.1, -0.05) is 364 Å². The topological polar surface area (TPSA) is 237 Å². The van der Waals surface area contributed by atoms with E-state index in [0.29, 0.717) is 25.7 Å². The van der Waals surface area contributed by atoms with Crippen molar-refractivity contribution in [2.75, 3.05) is 39.6 Å². The zero-order valence-corrected chi connectivity index (χ0v) is 67.6. The monoisotopic (exact) mass is 1470 g/mol. The average Bonchev–Trinajstić information content (AvgIpc) is 0.911. The van der Waals surface area contributed by atoms with Gasteiger partial charge in [0.1, 0.15) is 19.3 Å². The van der Waals surface area contributed by atoms with Gasteiger partial charge in [0.2, 0.25) is 0 Å². The molecule has 0 rings (SSSR count). The average molecular weight is 1470 g/mol. The van der Waals surface area contributed by atoms with Gasteiger partial charge in [-0.3, -0.25) is 37.3 Å². The molecule has 0 aromatic rings. The smallest absolute Gasteiger partial charge is 0.462 e. The second kappa shape index (κ2) is 70.1. The van der Waals surface area contributed by atoms with E-state index in [0.717, 1.165) is 114 Å². The largest absolute Gasteiger partial charge is 0.472 e. The molecule has 0 aliphatic rings. The van der Waals surface area contributed by atoms with Crippen molar-refractivity contribution >= 4 is 39.5 Å². The molecule has 0 fully saturated rings. The molecule has 0 aliphatic carbocycles. The molecular weight excluding hydrogens is 1310 g/mol. The quantitative estimate of drug-likeness (QED) is 0.0222.